The van der Waals surface area contributed by atoms with Crippen LogP contribution < -0.4 is 5.56 Å². The lowest BCUT2D eigenvalue weighted by molar-refractivity contribution is -0.386. The SMILES string of the molecule is CC(C)(O)CCn1cc(Br)cc([N+](=O)[O-])c1=O. The molecule has 0 atom stereocenters. The smallest absolute Gasteiger partial charge is 0.335 e. The van der Waals surface area contributed by atoms with Crippen LogP contribution in [0, 0.1) is 10.1 Å². The molecule has 1 N–H and O–H groups in total. The third-order valence-corrected chi connectivity index (χ3v) is 2.63. The molecular formula is C10H13BrN2O4. The van der Waals surface area contributed by atoms with Crippen molar-refractivity contribution >= 4 is 21.6 Å². The predicted molar refractivity (Wildman–Crippen MR) is 66.0 cm³/mol. The highest BCUT2D eigenvalue weighted by Gasteiger charge is 2.18. The Bertz CT molecular complexity index is 490. The lowest BCUT2D eigenvalue weighted by atomic mass is 10.1. The van der Waals surface area contributed by atoms with Gasteiger partial charge in [0.2, 0.25) is 0 Å². The Balaban J connectivity index is 3.09. The topological polar surface area (TPSA) is 85.4 Å². The highest BCUT2D eigenvalue weighted by molar-refractivity contribution is 9.10. The summed E-state index contributed by atoms with van der Waals surface area (Å²) in [6, 6.07) is 1.17. The summed E-state index contributed by atoms with van der Waals surface area (Å²) in [5.74, 6) is 0. The van der Waals surface area contributed by atoms with Crippen molar-refractivity contribution in [2.24, 2.45) is 0 Å². The molecule has 1 rings (SSSR count). The van der Waals surface area contributed by atoms with Crippen LogP contribution in [0.15, 0.2) is 21.5 Å². The first kappa shape index (κ1) is 13.9. The van der Waals surface area contributed by atoms with Crippen molar-refractivity contribution in [3.8, 4) is 0 Å². The van der Waals surface area contributed by atoms with E-state index in [0.717, 1.165) is 0 Å². The van der Waals surface area contributed by atoms with Crippen molar-refractivity contribution in [2.75, 3.05) is 0 Å². The maximum absolute atomic E-state index is 11.7. The second-order valence-electron chi connectivity index (χ2n) is 4.36. The average Bonchev–Trinajstić information content (AvgIpc) is 2.17. The molecule has 0 amide bonds. The summed E-state index contributed by atoms with van der Waals surface area (Å²) in [6.45, 7) is 3.46. The third-order valence-electron chi connectivity index (χ3n) is 2.19. The molecule has 0 aliphatic rings. The Morgan fingerprint density at radius 2 is 2.18 bits per heavy atom. The zero-order valence-corrected chi connectivity index (χ0v) is 11.1. The minimum absolute atomic E-state index is 0.225. The number of aromatic nitrogens is 1. The van der Waals surface area contributed by atoms with Gasteiger partial charge in [0.25, 0.3) is 0 Å². The van der Waals surface area contributed by atoms with E-state index in [1.165, 1.54) is 16.8 Å². The van der Waals surface area contributed by atoms with Crippen LogP contribution in [0.4, 0.5) is 5.69 Å². The molecule has 0 aromatic carbocycles. The fourth-order valence-electron chi connectivity index (χ4n) is 1.28. The molecule has 0 aliphatic heterocycles. The molecular weight excluding hydrogens is 292 g/mol. The Hall–Kier alpha value is -1.21. The molecule has 0 saturated heterocycles. The van der Waals surface area contributed by atoms with Crippen LogP contribution in [0.25, 0.3) is 0 Å². The minimum atomic E-state index is -0.920. The van der Waals surface area contributed by atoms with E-state index in [1.807, 2.05) is 0 Å². The van der Waals surface area contributed by atoms with Crippen LogP contribution in [0.2, 0.25) is 0 Å². The lowest BCUT2D eigenvalue weighted by Crippen LogP contribution is -2.27. The Morgan fingerprint density at radius 3 is 2.65 bits per heavy atom. The largest absolute Gasteiger partial charge is 0.390 e. The summed E-state index contributed by atoms with van der Waals surface area (Å²) >= 11 is 3.11. The molecule has 94 valence electrons. The summed E-state index contributed by atoms with van der Waals surface area (Å²) in [5.41, 5.74) is -2.06. The van der Waals surface area contributed by atoms with E-state index in [9.17, 15) is 20.0 Å². The number of pyridine rings is 1. The zero-order valence-electron chi connectivity index (χ0n) is 9.51. The first-order valence-corrected chi connectivity index (χ1v) is 5.77. The number of aliphatic hydroxyl groups is 1. The van der Waals surface area contributed by atoms with E-state index in [-0.39, 0.29) is 6.54 Å². The fraction of sp³-hybridized carbons (Fsp3) is 0.500. The van der Waals surface area contributed by atoms with Gasteiger partial charge in [-0.1, -0.05) is 0 Å². The highest BCUT2D eigenvalue weighted by Crippen LogP contribution is 2.15. The van der Waals surface area contributed by atoms with E-state index >= 15 is 0 Å². The summed E-state index contributed by atoms with van der Waals surface area (Å²) in [7, 11) is 0. The maximum Gasteiger partial charge on any atom is 0.335 e. The summed E-state index contributed by atoms with van der Waals surface area (Å²) < 4.78 is 1.68. The van der Waals surface area contributed by atoms with Crippen LogP contribution >= 0.6 is 15.9 Å². The standard InChI is InChI=1S/C10H13BrN2O4/c1-10(2,15)3-4-12-6-7(11)5-8(9(12)14)13(16)17/h5-6,15H,3-4H2,1-2H3. The van der Waals surface area contributed by atoms with Gasteiger partial charge in [-0.2, -0.15) is 0 Å². The fourth-order valence-corrected chi connectivity index (χ4v) is 1.74. The number of aryl methyl sites for hydroxylation is 1. The van der Waals surface area contributed by atoms with E-state index < -0.39 is 21.8 Å². The Kier molecular flexibility index (Phi) is 4.05. The van der Waals surface area contributed by atoms with Gasteiger partial charge in [-0.3, -0.25) is 14.9 Å². The molecule has 0 bridgehead atoms. The molecule has 17 heavy (non-hydrogen) atoms. The predicted octanol–water partition coefficient (Wildman–Crippen LogP) is 1.68. The quantitative estimate of drug-likeness (QED) is 0.677. The number of nitrogens with zero attached hydrogens (tertiary/aromatic N) is 2. The second kappa shape index (κ2) is 4.97. The van der Waals surface area contributed by atoms with Gasteiger partial charge in [-0.25, -0.2) is 0 Å². The normalized spacial score (nSPS) is 11.5. The first-order chi connectivity index (χ1) is 7.70. The monoisotopic (exact) mass is 304 g/mol. The molecule has 1 aromatic heterocycles. The van der Waals surface area contributed by atoms with Crippen LogP contribution in [0.1, 0.15) is 20.3 Å². The number of nitro groups is 1. The molecule has 0 saturated carbocycles. The van der Waals surface area contributed by atoms with Crippen molar-refractivity contribution in [1.29, 1.82) is 0 Å². The number of hydrogen-bond donors (Lipinski definition) is 1. The molecule has 7 heteroatoms. The van der Waals surface area contributed by atoms with Gasteiger partial charge in [0.05, 0.1) is 10.5 Å². The van der Waals surface area contributed by atoms with E-state index in [0.29, 0.717) is 10.9 Å². The number of hydrogen-bond acceptors (Lipinski definition) is 4. The molecule has 0 unspecified atom stereocenters. The van der Waals surface area contributed by atoms with Gasteiger partial charge in [-0.15, -0.1) is 0 Å². The van der Waals surface area contributed by atoms with Crippen molar-refractivity contribution < 1.29 is 10.0 Å². The highest BCUT2D eigenvalue weighted by atomic mass is 79.9. The maximum atomic E-state index is 11.7. The average molecular weight is 305 g/mol. The molecule has 1 aromatic rings. The van der Waals surface area contributed by atoms with Crippen molar-refractivity contribution in [2.45, 2.75) is 32.4 Å². The molecule has 6 nitrogen and oxygen atoms in total. The van der Waals surface area contributed by atoms with Gasteiger partial charge in [-0.05, 0) is 36.2 Å². The second-order valence-corrected chi connectivity index (χ2v) is 5.28. The van der Waals surface area contributed by atoms with Crippen molar-refractivity contribution in [1.82, 2.24) is 4.57 Å². The summed E-state index contributed by atoms with van der Waals surface area (Å²) in [6.07, 6.45) is 1.81. The third kappa shape index (κ3) is 3.94. The van der Waals surface area contributed by atoms with Gasteiger partial charge in [0.15, 0.2) is 0 Å². The Labute approximate surface area is 106 Å². The van der Waals surface area contributed by atoms with E-state index in [1.54, 1.807) is 13.8 Å². The van der Waals surface area contributed by atoms with Crippen LogP contribution in [-0.4, -0.2) is 20.2 Å². The molecule has 0 spiro atoms. The number of rotatable bonds is 4. The van der Waals surface area contributed by atoms with Gasteiger partial charge < -0.3 is 9.67 Å². The van der Waals surface area contributed by atoms with Crippen LogP contribution in [0.5, 0.6) is 0 Å². The minimum Gasteiger partial charge on any atom is -0.390 e. The van der Waals surface area contributed by atoms with Crippen molar-refractivity contribution in [3.05, 3.63) is 37.2 Å². The molecule has 0 aliphatic carbocycles. The molecule has 0 fully saturated rings. The lowest BCUT2D eigenvalue weighted by Gasteiger charge is -2.17. The Morgan fingerprint density at radius 1 is 1.59 bits per heavy atom. The first-order valence-electron chi connectivity index (χ1n) is 4.97. The van der Waals surface area contributed by atoms with Gasteiger partial charge in [0, 0.05) is 23.3 Å². The molecule has 0 radical (unpaired) electrons. The zero-order chi connectivity index (χ0) is 13.2. The van der Waals surface area contributed by atoms with Crippen molar-refractivity contribution in [3.63, 3.8) is 0 Å². The number of halogens is 1. The van der Waals surface area contributed by atoms with E-state index in [4.69, 9.17) is 0 Å². The summed E-state index contributed by atoms with van der Waals surface area (Å²) in [4.78, 5) is 21.6. The van der Waals surface area contributed by atoms with Gasteiger partial charge >= 0.3 is 11.2 Å². The van der Waals surface area contributed by atoms with Crippen LogP contribution in [-0.2, 0) is 6.54 Å². The van der Waals surface area contributed by atoms with E-state index in [2.05, 4.69) is 15.9 Å². The summed E-state index contributed by atoms with van der Waals surface area (Å²) in [5, 5.41) is 20.2. The molecule has 1 heterocycles. The van der Waals surface area contributed by atoms with Crippen LogP contribution in [0.3, 0.4) is 0 Å². The van der Waals surface area contributed by atoms with Gasteiger partial charge in [0.1, 0.15) is 0 Å².